The molecular weight excluding hydrogens is 533 g/mol. The van der Waals surface area contributed by atoms with E-state index in [9.17, 15) is 27.9 Å². The number of aliphatic hydroxyl groups is 1. The summed E-state index contributed by atoms with van der Waals surface area (Å²) in [7, 11) is 0. The Kier molecular flexibility index (Phi) is 7.78. The van der Waals surface area contributed by atoms with E-state index in [1.54, 1.807) is 6.07 Å². The van der Waals surface area contributed by atoms with Crippen LogP contribution in [0, 0.1) is 0 Å². The third-order valence-corrected chi connectivity index (χ3v) is 5.54. The van der Waals surface area contributed by atoms with Gasteiger partial charge in [-0.05, 0) is 30.3 Å². The van der Waals surface area contributed by atoms with Gasteiger partial charge in [-0.1, -0.05) is 11.6 Å². The van der Waals surface area contributed by atoms with Crippen LogP contribution in [0.5, 0.6) is 0 Å². The lowest BCUT2D eigenvalue weighted by Gasteiger charge is -2.15. The van der Waals surface area contributed by atoms with Crippen molar-refractivity contribution in [1.82, 2.24) is 34.1 Å². The van der Waals surface area contributed by atoms with E-state index < -0.39 is 30.5 Å². The number of aliphatic carboxylic acids is 1. The topological polar surface area (TPSA) is 153 Å². The molecule has 0 saturated carbocycles. The maximum Gasteiger partial charge on any atom is 0.416 e. The van der Waals surface area contributed by atoms with Crippen molar-refractivity contribution in [2.75, 3.05) is 11.9 Å². The SMILES string of the molecule is O=C(O)CCNc1ccncc1-n1cnc(Cn2nc(-c3ccc(Cl)cc3)n(C[C@H](O)C(F)(F)F)c2=O)n1. The number of benzene rings is 1. The lowest BCUT2D eigenvalue weighted by molar-refractivity contribution is -0.207. The van der Waals surface area contributed by atoms with Crippen LogP contribution in [0.4, 0.5) is 18.9 Å². The molecule has 200 valence electrons. The van der Waals surface area contributed by atoms with Crippen LogP contribution in [0.3, 0.4) is 0 Å². The highest BCUT2D eigenvalue weighted by Gasteiger charge is 2.39. The van der Waals surface area contributed by atoms with Gasteiger partial charge in [-0.25, -0.2) is 19.1 Å². The number of aliphatic hydroxyl groups excluding tert-OH is 1. The number of hydrogen-bond donors (Lipinski definition) is 3. The molecule has 0 aliphatic heterocycles. The summed E-state index contributed by atoms with van der Waals surface area (Å²) in [5.41, 5.74) is 0.382. The van der Waals surface area contributed by atoms with E-state index in [0.29, 0.717) is 22.0 Å². The number of carboxylic acid groups (broad SMARTS) is 1. The summed E-state index contributed by atoms with van der Waals surface area (Å²) in [4.78, 5) is 32.0. The lowest BCUT2D eigenvalue weighted by atomic mass is 10.2. The van der Waals surface area contributed by atoms with Crippen LogP contribution in [-0.2, 0) is 17.9 Å². The average molecular weight is 553 g/mol. The highest BCUT2D eigenvalue weighted by atomic mass is 35.5. The number of halogens is 4. The molecule has 4 aromatic rings. The maximum atomic E-state index is 13.0. The number of rotatable bonds is 10. The lowest BCUT2D eigenvalue weighted by Crippen LogP contribution is -2.37. The second-order valence-corrected chi connectivity index (χ2v) is 8.44. The fourth-order valence-corrected chi connectivity index (χ4v) is 3.57. The van der Waals surface area contributed by atoms with Gasteiger partial charge in [-0.2, -0.15) is 13.2 Å². The molecule has 38 heavy (non-hydrogen) atoms. The normalized spacial score (nSPS) is 12.4. The van der Waals surface area contributed by atoms with Gasteiger partial charge < -0.3 is 15.5 Å². The van der Waals surface area contributed by atoms with Crippen LogP contribution in [0.2, 0.25) is 5.02 Å². The zero-order valence-corrected chi connectivity index (χ0v) is 20.1. The summed E-state index contributed by atoms with van der Waals surface area (Å²) in [6.45, 7) is -1.20. The molecule has 4 rings (SSSR count). The molecule has 1 aromatic carbocycles. The molecule has 3 aromatic heterocycles. The summed E-state index contributed by atoms with van der Waals surface area (Å²) in [6, 6.07) is 7.57. The van der Waals surface area contributed by atoms with Gasteiger partial charge in [0.25, 0.3) is 0 Å². The van der Waals surface area contributed by atoms with Gasteiger partial charge in [0.2, 0.25) is 0 Å². The molecule has 0 spiro atoms. The average Bonchev–Trinajstić information content (AvgIpc) is 3.44. The predicted octanol–water partition coefficient (Wildman–Crippen LogP) is 2.20. The molecule has 0 unspecified atom stereocenters. The van der Waals surface area contributed by atoms with Gasteiger partial charge in [0.1, 0.15) is 18.6 Å². The molecule has 16 heteroatoms. The second-order valence-electron chi connectivity index (χ2n) is 8.01. The molecule has 0 saturated heterocycles. The molecule has 0 aliphatic rings. The van der Waals surface area contributed by atoms with E-state index in [1.165, 1.54) is 47.7 Å². The van der Waals surface area contributed by atoms with E-state index in [0.717, 1.165) is 9.25 Å². The summed E-state index contributed by atoms with van der Waals surface area (Å²) in [6.07, 6.45) is -3.54. The van der Waals surface area contributed by atoms with Gasteiger partial charge in [0.05, 0.1) is 24.8 Å². The van der Waals surface area contributed by atoms with Crippen molar-refractivity contribution in [3.63, 3.8) is 0 Å². The van der Waals surface area contributed by atoms with Crippen LogP contribution in [0.15, 0.2) is 53.8 Å². The van der Waals surface area contributed by atoms with Crippen molar-refractivity contribution in [3.8, 4) is 17.1 Å². The molecule has 0 radical (unpaired) electrons. The minimum absolute atomic E-state index is 0.105. The number of carbonyl (C=O) groups is 1. The maximum absolute atomic E-state index is 13.0. The zero-order valence-electron chi connectivity index (χ0n) is 19.4. The van der Waals surface area contributed by atoms with E-state index in [1.807, 2.05) is 0 Å². The van der Waals surface area contributed by atoms with Gasteiger partial charge in [0, 0.05) is 23.3 Å². The van der Waals surface area contributed by atoms with E-state index in [4.69, 9.17) is 16.7 Å². The predicted molar refractivity (Wildman–Crippen MR) is 128 cm³/mol. The Bertz CT molecular complexity index is 1480. The van der Waals surface area contributed by atoms with Crippen molar-refractivity contribution < 1.29 is 28.2 Å². The number of carboxylic acids is 1. The fraction of sp³-hybridized carbons (Fsp3) is 0.273. The highest BCUT2D eigenvalue weighted by molar-refractivity contribution is 6.30. The van der Waals surface area contributed by atoms with E-state index in [2.05, 4.69) is 25.5 Å². The highest BCUT2D eigenvalue weighted by Crippen LogP contribution is 2.24. The Morgan fingerprint density at radius 1 is 1.16 bits per heavy atom. The first-order valence-corrected chi connectivity index (χ1v) is 11.4. The molecule has 0 bridgehead atoms. The molecule has 0 fully saturated rings. The summed E-state index contributed by atoms with van der Waals surface area (Å²) >= 11 is 5.90. The first-order valence-electron chi connectivity index (χ1n) is 11.0. The smallest absolute Gasteiger partial charge is 0.416 e. The Hall–Kier alpha value is -4.24. The molecular formula is C22H20ClF3N8O4. The van der Waals surface area contributed by atoms with Gasteiger partial charge in [-0.15, -0.1) is 10.2 Å². The summed E-state index contributed by atoms with van der Waals surface area (Å²) < 4.78 is 42.1. The van der Waals surface area contributed by atoms with E-state index >= 15 is 0 Å². The third kappa shape index (κ3) is 6.18. The standard InChI is InChI=1S/C22H20ClF3N8O4/c23-14-3-1-13(2-4-14)20-31-33(21(38)32(20)10-17(35)22(24,25)26)11-18-29-12-34(30-18)16-9-27-7-5-15(16)28-8-6-19(36)37/h1-5,7,9,12,17,35H,6,8,10-11H2,(H,27,28)(H,36,37)/t17-/m0/s1. The van der Waals surface area contributed by atoms with Crippen molar-refractivity contribution in [1.29, 1.82) is 0 Å². The monoisotopic (exact) mass is 552 g/mol. The number of nitrogens with zero attached hydrogens (tertiary/aromatic N) is 7. The Morgan fingerprint density at radius 3 is 2.58 bits per heavy atom. The van der Waals surface area contributed by atoms with Crippen molar-refractivity contribution in [3.05, 3.63) is 70.4 Å². The number of nitrogens with one attached hydrogen (secondary N) is 1. The molecule has 12 nitrogen and oxygen atoms in total. The largest absolute Gasteiger partial charge is 0.481 e. The quantitative estimate of drug-likeness (QED) is 0.269. The Labute approximate surface area is 217 Å². The molecule has 3 N–H and O–H groups in total. The van der Waals surface area contributed by atoms with Gasteiger partial charge >= 0.3 is 17.8 Å². The minimum atomic E-state index is -4.95. The zero-order chi connectivity index (χ0) is 27.4. The van der Waals surface area contributed by atoms with Crippen molar-refractivity contribution in [2.45, 2.75) is 31.8 Å². The van der Waals surface area contributed by atoms with Crippen molar-refractivity contribution >= 4 is 23.3 Å². The number of hydrogen-bond acceptors (Lipinski definition) is 8. The first kappa shape index (κ1) is 26.8. The minimum Gasteiger partial charge on any atom is -0.481 e. The third-order valence-electron chi connectivity index (χ3n) is 5.29. The summed E-state index contributed by atoms with van der Waals surface area (Å²) in [5.74, 6) is -0.968. The van der Waals surface area contributed by atoms with E-state index in [-0.39, 0.29) is 31.2 Å². The number of anilines is 1. The molecule has 1 atom stereocenters. The van der Waals surface area contributed by atoms with Crippen LogP contribution < -0.4 is 11.0 Å². The Morgan fingerprint density at radius 2 is 1.89 bits per heavy atom. The number of aromatic nitrogens is 7. The molecule has 0 aliphatic carbocycles. The van der Waals surface area contributed by atoms with Crippen LogP contribution >= 0.6 is 11.6 Å². The number of alkyl halides is 3. The number of pyridine rings is 1. The first-order chi connectivity index (χ1) is 18.0. The fourth-order valence-electron chi connectivity index (χ4n) is 3.44. The Balaban J connectivity index is 1.64. The molecule has 0 amide bonds. The van der Waals surface area contributed by atoms with Crippen molar-refractivity contribution in [2.24, 2.45) is 0 Å². The summed E-state index contributed by atoms with van der Waals surface area (Å²) in [5, 5.41) is 30.3. The van der Waals surface area contributed by atoms with Gasteiger partial charge in [0.15, 0.2) is 17.8 Å². The van der Waals surface area contributed by atoms with Crippen LogP contribution in [-0.4, -0.2) is 69.1 Å². The van der Waals surface area contributed by atoms with Gasteiger partial charge in [-0.3, -0.25) is 14.3 Å². The molecule has 3 heterocycles. The van der Waals surface area contributed by atoms with Crippen LogP contribution in [0.25, 0.3) is 17.1 Å². The second kappa shape index (κ2) is 11.0. The van der Waals surface area contributed by atoms with Crippen LogP contribution in [0.1, 0.15) is 12.2 Å².